The van der Waals surface area contributed by atoms with Gasteiger partial charge >= 0.3 is 0 Å². The molecule has 0 saturated heterocycles. The Morgan fingerprint density at radius 3 is 2.33 bits per heavy atom. The number of nitrogens with one attached hydrogen (secondary N) is 1. The number of benzene rings is 2. The van der Waals surface area contributed by atoms with Gasteiger partial charge < -0.3 is 11.1 Å². The fourth-order valence-electron chi connectivity index (χ4n) is 2.26. The largest absolute Gasteiger partial charge is 0.327 e. The molecule has 2 nitrogen and oxygen atoms in total. The molecule has 0 bridgehead atoms. The van der Waals surface area contributed by atoms with Gasteiger partial charge in [0, 0.05) is 18.1 Å². The number of nitrogens with two attached hydrogens (primary N) is 1. The van der Waals surface area contributed by atoms with E-state index >= 15 is 0 Å². The van der Waals surface area contributed by atoms with Crippen LogP contribution in [0, 0.1) is 0 Å². The van der Waals surface area contributed by atoms with Gasteiger partial charge in [0.15, 0.2) is 0 Å². The van der Waals surface area contributed by atoms with Gasteiger partial charge in [-0.25, -0.2) is 0 Å². The van der Waals surface area contributed by atoms with Gasteiger partial charge in [-0.05, 0) is 37.1 Å². The summed E-state index contributed by atoms with van der Waals surface area (Å²) in [6.07, 6.45) is 0. The van der Waals surface area contributed by atoms with Crippen molar-refractivity contribution in [1.82, 2.24) is 5.32 Å². The van der Waals surface area contributed by atoms with Crippen molar-refractivity contribution < 1.29 is 0 Å². The third-order valence-electron chi connectivity index (χ3n) is 3.59. The van der Waals surface area contributed by atoms with Crippen molar-refractivity contribution in [2.75, 3.05) is 0 Å². The molecule has 0 aliphatic rings. The summed E-state index contributed by atoms with van der Waals surface area (Å²) in [6, 6.07) is 15.7. The van der Waals surface area contributed by atoms with Gasteiger partial charge in [0.25, 0.3) is 0 Å². The van der Waals surface area contributed by atoms with Crippen LogP contribution >= 0.6 is 0 Å². The number of hydrogen-bond acceptors (Lipinski definition) is 2. The first-order valence-corrected chi connectivity index (χ1v) is 6.59. The molecule has 0 radical (unpaired) electrons. The van der Waals surface area contributed by atoms with Crippen molar-refractivity contribution in [2.24, 2.45) is 5.73 Å². The number of fused-ring (bicyclic) bond motifs is 1. The Morgan fingerprint density at radius 1 is 0.944 bits per heavy atom. The highest BCUT2D eigenvalue weighted by Gasteiger charge is 2.14. The lowest BCUT2D eigenvalue weighted by molar-refractivity contribution is 0.431. The van der Waals surface area contributed by atoms with Crippen molar-refractivity contribution in [3.8, 4) is 0 Å². The van der Waals surface area contributed by atoms with Crippen molar-refractivity contribution >= 4 is 10.8 Å². The van der Waals surface area contributed by atoms with Crippen molar-refractivity contribution in [3.63, 3.8) is 0 Å². The van der Waals surface area contributed by atoms with Crippen LogP contribution in [0.5, 0.6) is 0 Å². The number of rotatable bonds is 4. The minimum Gasteiger partial charge on any atom is -0.327 e. The Balaban J connectivity index is 2.30. The average molecular weight is 242 g/mol. The Kier molecular flexibility index (Phi) is 4.00. The molecule has 18 heavy (non-hydrogen) atoms. The second-order valence-electron chi connectivity index (χ2n) is 5.10. The maximum atomic E-state index is 5.91. The lowest BCUT2D eigenvalue weighted by Crippen LogP contribution is -2.42. The topological polar surface area (TPSA) is 38.0 Å². The molecule has 0 saturated carbocycles. The smallest absolute Gasteiger partial charge is 0.0301 e. The second-order valence-corrected chi connectivity index (χ2v) is 5.10. The van der Waals surface area contributed by atoms with Crippen LogP contribution in [0.2, 0.25) is 0 Å². The molecule has 0 fully saturated rings. The second kappa shape index (κ2) is 5.51. The Morgan fingerprint density at radius 2 is 1.61 bits per heavy atom. The summed E-state index contributed by atoms with van der Waals surface area (Å²) >= 11 is 0. The molecule has 0 aromatic heterocycles. The summed E-state index contributed by atoms with van der Waals surface area (Å²) in [6.45, 7) is 6.36. The maximum absolute atomic E-state index is 5.91. The predicted molar refractivity (Wildman–Crippen MR) is 78.6 cm³/mol. The molecule has 0 amide bonds. The third kappa shape index (κ3) is 2.71. The van der Waals surface area contributed by atoms with Crippen LogP contribution in [-0.2, 0) is 0 Å². The van der Waals surface area contributed by atoms with Gasteiger partial charge in [-0.1, -0.05) is 42.5 Å². The van der Waals surface area contributed by atoms with Gasteiger partial charge in [-0.2, -0.15) is 0 Å². The zero-order valence-electron chi connectivity index (χ0n) is 11.4. The lowest BCUT2D eigenvalue weighted by atomic mass is 9.99. The van der Waals surface area contributed by atoms with Gasteiger partial charge in [-0.15, -0.1) is 0 Å². The summed E-state index contributed by atoms with van der Waals surface area (Å²) in [5.41, 5.74) is 7.25. The summed E-state index contributed by atoms with van der Waals surface area (Å²) in [5, 5.41) is 6.17. The first-order valence-electron chi connectivity index (χ1n) is 6.59. The van der Waals surface area contributed by atoms with Crippen molar-refractivity contribution in [1.29, 1.82) is 0 Å². The van der Waals surface area contributed by atoms with E-state index in [1.165, 1.54) is 16.3 Å². The van der Waals surface area contributed by atoms with E-state index in [1.54, 1.807) is 0 Å². The first kappa shape index (κ1) is 13.1. The normalized spacial score (nSPS) is 16.4. The minimum absolute atomic E-state index is 0.155. The Bertz CT molecular complexity index is 514. The van der Waals surface area contributed by atoms with Crippen molar-refractivity contribution in [3.05, 3.63) is 48.0 Å². The average Bonchev–Trinajstić information content (AvgIpc) is 2.37. The third-order valence-corrected chi connectivity index (χ3v) is 3.59. The number of hydrogen-bond donors (Lipinski definition) is 2. The summed E-state index contributed by atoms with van der Waals surface area (Å²) in [5.74, 6) is 0. The predicted octanol–water partition coefficient (Wildman–Crippen LogP) is 3.23. The zero-order chi connectivity index (χ0) is 13.1. The molecular formula is C16H22N2. The van der Waals surface area contributed by atoms with E-state index in [1.807, 2.05) is 6.92 Å². The lowest BCUT2D eigenvalue weighted by Gasteiger charge is -2.24. The fourth-order valence-corrected chi connectivity index (χ4v) is 2.26. The standard InChI is InChI=1S/C16H22N2/c1-11(17)12(2)18-13(3)15-10-6-8-14-7-4-5-9-16(14)15/h4-13,18H,17H2,1-3H3. The van der Waals surface area contributed by atoms with E-state index in [0.717, 1.165) is 0 Å². The fraction of sp³-hybridized carbons (Fsp3) is 0.375. The summed E-state index contributed by atoms with van der Waals surface area (Å²) in [4.78, 5) is 0. The molecule has 3 atom stereocenters. The van der Waals surface area contributed by atoms with Crippen LogP contribution in [0.25, 0.3) is 10.8 Å². The molecule has 96 valence electrons. The maximum Gasteiger partial charge on any atom is 0.0301 e. The quantitative estimate of drug-likeness (QED) is 0.864. The van der Waals surface area contributed by atoms with Gasteiger partial charge in [-0.3, -0.25) is 0 Å². The molecular weight excluding hydrogens is 220 g/mol. The van der Waals surface area contributed by atoms with Crippen LogP contribution in [-0.4, -0.2) is 12.1 Å². The van der Waals surface area contributed by atoms with Crippen molar-refractivity contribution in [2.45, 2.75) is 38.9 Å². The van der Waals surface area contributed by atoms with Crippen LogP contribution in [0.4, 0.5) is 0 Å². The minimum atomic E-state index is 0.155. The van der Waals surface area contributed by atoms with E-state index in [2.05, 4.69) is 61.6 Å². The van der Waals surface area contributed by atoms with E-state index in [4.69, 9.17) is 5.73 Å². The molecule has 2 heteroatoms. The molecule has 0 spiro atoms. The molecule has 2 rings (SSSR count). The highest BCUT2D eigenvalue weighted by atomic mass is 15.0. The van der Waals surface area contributed by atoms with Crippen LogP contribution < -0.4 is 11.1 Å². The van der Waals surface area contributed by atoms with Crippen LogP contribution in [0.3, 0.4) is 0 Å². The summed E-state index contributed by atoms with van der Waals surface area (Å²) in [7, 11) is 0. The van der Waals surface area contributed by atoms with Gasteiger partial charge in [0.2, 0.25) is 0 Å². The van der Waals surface area contributed by atoms with Gasteiger partial charge in [0.1, 0.15) is 0 Å². The zero-order valence-corrected chi connectivity index (χ0v) is 11.4. The summed E-state index contributed by atoms with van der Waals surface area (Å²) < 4.78 is 0. The molecule has 0 heterocycles. The van der Waals surface area contributed by atoms with E-state index in [0.29, 0.717) is 12.1 Å². The molecule has 3 N–H and O–H groups in total. The van der Waals surface area contributed by atoms with E-state index < -0.39 is 0 Å². The highest BCUT2D eigenvalue weighted by Crippen LogP contribution is 2.24. The molecule has 3 unspecified atom stereocenters. The Hall–Kier alpha value is -1.38. The molecule has 0 aliphatic carbocycles. The van der Waals surface area contributed by atoms with E-state index in [-0.39, 0.29) is 6.04 Å². The SMILES string of the molecule is CC(NC(C)C(C)N)c1cccc2ccccc12. The van der Waals surface area contributed by atoms with Crippen LogP contribution in [0.1, 0.15) is 32.4 Å². The van der Waals surface area contributed by atoms with Gasteiger partial charge in [0.05, 0.1) is 0 Å². The first-order chi connectivity index (χ1) is 8.59. The molecule has 0 aliphatic heterocycles. The van der Waals surface area contributed by atoms with E-state index in [9.17, 15) is 0 Å². The van der Waals surface area contributed by atoms with Crippen LogP contribution in [0.15, 0.2) is 42.5 Å². The molecule has 2 aromatic carbocycles. The highest BCUT2D eigenvalue weighted by molar-refractivity contribution is 5.86. The Labute approximate surface area is 109 Å². The molecule has 2 aromatic rings. The monoisotopic (exact) mass is 242 g/mol.